The minimum absolute atomic E-state index is 0.394. The Morgan fingerprint density at radius 3 is 2.00 bits per heavy atom. The number of rotatable bonds is 8. The lowest BCUT2D eigenvalue weighted by atomic mass is 9.66. The third-order valence-corrected chi connectivity index (χ3v) is 12.7. The number of benzene rings is 7. The zero-order valence-corrected chi connectivity index (χ0v) is 35.2. The van der Waals surface area contributed by atoms with Crippen molar-refractivity contribution in [3.63, 3.8) is 0 Å². The average molecular weight is 774 g/mol. The molecule has 7 aromatic rings. The maximum atomic E-state index is 4.50. The summed E-state index contributed by atoms with van der Waals surface area (Å²) in [6, 6.07) is 60.1. The Hall–Kier alpha value is -6.83. The Morgan fingerprint density at radius 1 is 0.633 bits per heavy atom. The molecule has 3 aliphatic carbocycles. The fourth-order valence-electron chi connectivity index (χ4n) is 9.97. The predicted octanol–water partition coefficient (Wildman–Crippen LogP) is 15.7. The molecule has 0 saturated carbocycles. The Kier molecular flexibility index (Phi) is 10.6. The van der Waals surface area contributed by atoms with E-state index in [9.17, 15) is 0 Å². The van der Waals surface area contributed by atoms with E-state index in [0.29, 0.717) is 0 Å². The van der Waals surface area contributed by atoms with Crippen molar-refractivity contribution in [1.82, 2.24) is 0 Å². The van der Waals surface area contributed by atoms with E-state index < -0.39 is 5.41 Å². The lowest BCUT2D eigenvalue weighted by Crippen LogP contribution is -2.28. The van der Waals surface area contributed by atoms with Crippen LogP contribution in [0, 0.1) is 0 Å². The third-order valence-electron chi connectivity index (χ3n) is 12.7. The van der Waals surface area contributed by atoms with E-state index >= 15 is 0 Å². The van der Waals surface area contributed by atoms with Gasteiger partial charge < -0.3 is 0 Å². The van der Waals surface area contributed by atoms with Crippen LogP contribution in [0.1, 0.15) is 79.5 Å². The maximum absolute atomic E-state index is 4.50. The van der Waals surface area contributed by atoms with E-state index in [4.69, 9.17) is 0 Å². The normalized spacial score (nSPS) is 15.1. The van der Waals surface area contributed by atoms with Crippen LogP contribution in [0.25, 0.3) is 49.9 Å². The van der Waals surface area contributed by atoms with Crippen LogP contribution in [0.15, 0.2) is 210 Å². The van der Waals surface area contributed by atoms with Gasteiger partial charge in [0.25, 0.3) is 0 Å². The smallest absolute Gasteiger partial charge is 0.0728 e. The van der Waals surface area contributed by atoms with E-state index in [-0.39, 0.29) is 0 Å². The van der Waals surface area contributed by atoms with Crippen molar-refractivity contribution in [2.24, 2.45) is 4.99 Å². The maximum Gasteiger partial charge on any atom is 0.0728 e. The number of hydrogen-bond donors (Lipinski definition) is 0. The van der Waals surface area contributed by atoms with Crippen molar-refractivity contribution < 1.29 is 0 Å². The second kappa shape index (κ2) is 16.4. The van der Waals surface area contributed by atoms with Gasteiger partial charge in [0.1, 0.15) is 0 Å². The Morgan fingerprint density at radius 2 is 1.28 bits per heavy atom. The van der Waals surface area contributed by atoms with Crippen LogP contribution in [0.3, 0.4) is 0 Å². The average Bonchev–Trinajstić information content (AvgIpc) is 3.75. The minimum atomic E-state index is -0.394. The van der Waals surface area contributed by atoms with Crippen molar-refractivity contribution in [2.45, 2.75) is 52.4 Å². The molecule has 0 radical (unpaired) electrons. The van der Waals surface area contributed by atoms with Crippen molar-refractivity contribution in [2.75, 3.05) is 0 Å². The molecule has 0 bridgehead atoms. The third kappa shape index (κ3) is 6.46. The summed E-state index contributed by atoms with van der Waals surface area (Å²) in [5.41, 5.74) is 21.3. The van der Waals surface area contributed by atoms with Crippen molar-refractivity contribution in [3.8, 4) is 22.3 Å². The summed E-state index contributed by atoms with van der Waals surface area (Å²) in [6.07, 6.45) is 12.3. The van der Waals surface area contributed by atoms with Crippen LogP contribution in [0.4, 0.5) is 0 Å². The van der Waals surface area contributed by atoms with Gasteiger partial charge in [-0.1, -0.05) is 195 Å². The van der Waals surface area contributed by atoms with E-state index in [0.717, 1.165) is 41.7 Å². The van der Waals surface area contributed by atoms with Crippen LogP contribution in [-0.2, 0) is 11.8 Å². The second-order valence-corrected chi connectivity index (χ2v) is 15.9. The van der Waals surface area contributed by atoms with Gasteiger partial charge in [-0.2, -0.15) is 0 Å². The highest BCUT2D eigenvalue weighted by Gasteiger charge is 2.53. The first-order valence-electron chi connectivity index (χ1n) is 21.5. The molecule has 1 nitrogen and oxygen atoms in total. The first-order chi connectivity index (χ1) is 29.6. The van der Waals surface area contributed by atoms with E-state index in [1.54, 1.807) is 0 Å². The van der Waals surface area contributed by atoms with Crippen molar-refractivity contribution in [3.05, 3.63) is 244 Å². The van der Waals surface area contributed by atoms with Crippen molar-refractivity contribution >= 4 is 34.3 Å². The molecule has 1 spiro atoms. The molecule has 7 aromatic carbocycles. The van der Waals surface area contributed by atoms with Gasteiger partial charge in [-0.3, -0.25) is 4.99 Å². The molecule has 3 aliphatic rings. The fourth-order valence-corrected chi connectivity index (χ4v) is 9.97. The van der Waals surface area contributed by atoms with Crippen LogP contribution in [0.2, 0.25) is 0 Å². The van der Waals surface area contributed by atoms with Crippen LogP contribution >= 0.6 is 0 Å². The molecule has 0 fully saturated rings. The van der Waals surface area contributed by atoms with Gasteiger partial charge in [0.2, 0.25) is 0 Å². The molecule has 0 saturated heterocycles. The first-order valence-corrected chi connectivity index (χ1v) is 21.5. The molecular weight excluding hydrogens is 723 g/mol. The zero-order chi connectivity index (χ0) is 41.2. The predicted molar refractivity (Wildman–Crippen MR) is 258 cm³/mol. The van der Waals surface area contributed by atoms with E-state index in [1.165, 1.54) is 83.1 Å². The molecule has 10 rings (SSSR count). The lowest BCUT2D eigenvalue weighted by Gasteiger charge is -2.35. The Balaban J connectivity index is 0.00000228. The molecule has 0 heterocycles. The van der Waals surface area contributed by atoms with Gasteiger partial charge in [-0.15, -0.1) is 0 Å². The summed E-state index contributed by atoms with van der Waals surface area (Å²) >= 11 is 0. The molecular formula is C59H51N. The highest BCUT2D eigenvalue weighted by Crippen LogP contribution is 2.64. The van der Waals surface area contributed by atoms with Gasteiger partial charge in [-0.05, 0) is 141 Å². The molecule has 0 N–H and O–H groups in total. The summed E-state index contributed by atoms with van der Waals surface area (Å²) < 4.78 is 0. The SMILES string of the molecule is C=N/C(=C\C(=C/Cc1cccc2ccccc12)c1ccc(-c2ccc3c(c2)C2(C(C4=C(C)CCC=C4)=C3C)c3ccccc3-c3ccccc32)cc1)c1ccccc1.CC. The minimum Gasteiger partial charge on any atom is -0.264 e. The van der Waals surface area contributed by atoms with E-state index in [2.05, 4.69) is 208 Å². The Bertz CT molecular complexity index is 2880. The standard InChI is InChI=1S/C57H45N.C2H6/c1-38-16-7-9-22-47(38)56-39(2)48-35-34-45(36-54(48)57(56)52-26-13-11-24-50(52)51-25-12-14-27-53(51)57)40-28-30-41(31-29-40)46(37-55(58-3)44-18-5-4-6-19-44)33-32-43-21-15-20-42-17-8-10-23-49(42)43;1-2/h4-6,8-15,17-31,33-37H,3,7,16,32H2,1-2H3;1-2H3/b46-33+,55-37-;. The molecule has 0 atom stereocenters. The first kappa shape index (κ1) is 38.7. The summed E-state index contributed by atoms with van der Waals surface area (Å²) in [5.74, 6) is 0. The summed E-state index contributed by atoms with van der Waals surface area (Å²) in [5, 5.41) is 2.54. The zero-order valence-electron chi connectivity index (χ0n) is 35.2. The Labute approximate surface area is 356 Å². The molecule has 1 heteroatoms. The topological polar surface area (TPSA) is 12.4 Å². The summed E-state index contributed by atoms with van der Waals surface area (Å²) in [4.78, 5) is 4.50. The van der Waals surface area contributed by atoms with Crippen LogP contribution in [-0.4, -0.2) is 6.72 Å². The summed E-state index contributed by atoms with van der Waals surface area (Å²) in [7, 11) is 0. The van der Waals surface area contributed by atoms with Crippen molar-refractivity contribution in [1.29, 1.82) is 0 Å². The highest BCUT2D eigenvalue weighted by molar-refractivity contribution is 5.97. The molecule has 0 amide bonds. The molecule has 60 heavy (non-hydrogen) atoms. The van der Waals surface area contributed by atoms with Crippen LogP contribution in [0.5, 0.6) is 0 Å². The second-order valence-electron chi connectivity index (χ2n) is 15.9. The number of allylic oxidation sites excluding steroid dienone is 9. The molecule has 0 aromatic heterocycles. The van der Waals surface area contributed by atoms with Gasteiger partial charge >= 0.3 is 0 Å². The van der Waals surface area contributed by atoms with Crippen LogP contribution < -0.4 is 0 Å². The number of hydrogen-bond acceptors (Lipinski definition) is 1. The number of aliphatic imine (C=N–C) groups is 1. The van der Waals surface area contributed by atoms with E-state index in [1.807, 2.05) is 19.9 Å². The summed E-state index contributed by atoms with van der Waals surface area (Å²) in [6.45, 7) is 12.7. The largest absolute Gasteiger partial charge is 0.264 e. The highest BCUT2D eigenvalue weighted by atomic mass is 14.7. The fraction of sp³-hybridized carbons (Fsp3) is 0.136. The van der Waals surface area contributed by atoms with Gasteiger partial charge in [-0.25, -0.2) is 0 Å². The number of fused-ring (bicyclic) bond motifs is 8. The molecule has 292 valence electrons. The quantitative estimate of drug-likeness (QED) is 0.108. The molecule has 0 unspecified atom stereocenters. The van der Waals surface area contributed by atoms with Gasteiger partial charge in [0.15, 0.2) is 0 Å². The van der Waals surface area contributed by atoms with Gasteiger partial charge in [0, 0.05) is 5.56 Å². The van der Waals surface area contributed by atoms with Gasteiger partial charge in [0.05, 0.1) is 11.1 Å². The lowest BCUT2D eigenvalue weighted by molar-refractivity contribution is 0.769. The molecule has 0 aliphatic heterocycles. The number of nitrogens with zero attached hydrogens (tertiary/aromatic N) is 1. The monoisotopic (exact) mass is 773 g/mol.